The third-order valence-electron chi connectivity index (χ3n) is 5.45. The summed E-state index contributed by atoms with van der Waals surface area (Å²) in [5.41, 5.74) is -0.486. The van der Waals surface area contributed by atoms with Crippen molar-refractivity contribution in [2.75, 3.05) is 52.1 Å². The van der Waals surface area contributed by atoms with Crippen LogP contribution in [0.4, 0.5) is 4.79 Å². The van der Waals surface area contributed by atoms with Gasteiger partial charge in [-0.3, -0.25) is 4.99 Å². The SMILES string of the molecule is CC(C)(C)OC(=O)N1CCN2C(NCC3CCN(S(C)(=O)=O)CC3)=NCC2C1. The largest absolute Gasteiger partial charge is 0.444 e. The van der Waals surface area contributed by atoms with Gasteiger partial charge >= 0.3 is 6.09 Å². The van der Waals surface area contributed by atoms with E-state index in [0.717, 1.165) is 31.9 Å². The van der Waals surface area contributed by atoms with E-state index in [1.54, 1.807) is 9.21 Å². The van der Waals surface area contributed by atoms with Gasteiger partial charge in [0.25, 0.3) is 0 Å². The van der Waals surface area contributed by atoms with Crippen LogP contribution < -0.4 is 5.32 Å². The second-order valence-corrected chi connectivity index (χ2v) is 10.9. The van der Waals surface area contributed by atoms with E-state index in [1.165, 1.54) is 6.26 Å². The molecular formula is C18H33N5O4S. The number of ether oxygens (including phenoxy) is 1. The number of hydrogen-bond acceptors (Lipinski definition) is 7. The fourth-order valence-electron chi connectivity index (χ4n) is 3.90. The first kappa shape index (κ1) is 21.2. The van der Waals surface area contributed by atoms with Gasteiger partial charge in [0.15, 0.2) is 5.96 Å². The molecule has 2 fully saturated rings. The predicted molar refractivity (Wildman–Crippen MR) is 108 cm³/mol. The van der Waals surface area contributed by atoms with Gasteiger partial charge in [-0.2, -0.15) is 0 Å². The molecular weight excluding hydrogens is 382 g/mol. The van der Waals surface area contributed by atoms with Crippen molar-refractivity contribution >= 4 is 22.1 Å². The highest BCUT2D eigenvalue weighted by Crippen LogP contribution is 2.21. The Morgan fingerprint density at radius 1 is 1.21 bits per heavy atom. The Balaban J connectivity index is 1.44. The first-order valence-electron chi connectivity index (χ1n) is 10.0. The summed E-state index contributed by atoms with van der Waals surface area (Å²) >= 11 is 0. The second kappa shape index (κ2) is 8.06. The maximum Gasteiger partial charge on any atom is 0.410 e. The van der Waals surface area contributed by atoms with Crippen LogP contribution in [0.15, 0.2) is 4.99 Å². The molecule has 0 aromatic rings. The molecule has 3 rings (SSSR count). The molecule has 0 aliphatic carbocycles. The standard InChI is InChI=1S/C18H33N5O4S/c1-18(2,3)27-17(24)21-9-10-23-15(13-21)12-20-16(23)19-11-14-5-7-22(8-6-14)28(4,25)26/h14-15H,5-13H2,1-4H3,(H,19,20). The number of carbonyl (C=O) groups excluding carboxylic acids is 1. The smallest absolute Gasteiger partial charge is 0.410 e. The van der Waals surface area contributed by atoms with Gasteiger partial charge in [-0.15, -0.1) is 0 Å². The number of piperazine rings is 1. The minimum absolute atomic E-state index is 0.191. The molecule has 9 nitrogen and oxygen atoms in total. The fourth-order valence-corrected chi connectivity index (χ4v) is 4.78. The van der Waals surface area contributed by atoms with Crippen molar-refractivity contribution in [3.63, 3.8) is 0 Å². The highest BCUT2D eigenvalue weighted by molar-refractivity contribution is 7.88. The molecule has 1 unspecified atom stereocenters. The Kier molecular flexibility index (Phi) is 6.09. The van der Waals surface area contributed by atoms with E-state index < -0.39 is 15.6 Å². The molecule has 1 atom stereocenters. The summed E-state index contributed by atoms with van der Waals surface area (Å²) in [4.78, 5) is 20.9. The molecule has 1 N–H and O–H groups in total. The number of aliphatic imine (C=N–C) groups is 1. The van der Waals surface area contributed by atoms with Gasteiger partial charge in [-0.1, -0.05) is 0 Å². The van der Waals surface area contributed by atoms with Crippen molar-refractivity contribution in [2.24, 2.45) is 10.9 Å². The molecule has 0 aromatic carbocycles. The van der Waals surface area contributed by atoms with Crippen LogP contribution in [0.1, 0.15) is 33.6 Å². The Morgan fingerprint density at radius 2 is 1.89 bits per heavy atom. The number of hydrogen-bond donors (Lipinski definition) is 1. The zero-order valence-electron chi connectivity index (χ0n) is 17.3. The Morgan fingerprint density at radius 3 is 2.50 bits per heavy atom. The number of piperidine rings is 1. The first-order valence-corrected chi connectivity index (χ1v) is 11.9. The van der Waals surface area contributed by atoms with Crippen LogP contribution in [0, 0.1) is 5.92 Å². The minimum atomic E-state index is -3.08. The Labute approximate surface area is 168 Å². The van der Waals surface area contributed by atoms with Crippen molar-refractivity contribution < 1.29 is 17.9 Å². The fraction of sp³-hybridized carbons (Fsp3) is 0.889. The van der Waals surface area contributed by atoms with Gasteiger partial charge in [0, 0.05) is 39.3 Å². The maximum absolute atomic E-state index is 12.3. The van der Waals surface area contributed by atoms with Gasteiger partial charge in [0.2, 0.25) is 10.0 Å². The lowest BCUT2D eigenvalue weighted by Crippen LogP contribution is -2.58. The predicted octanol–water partition coefficient (Wildman–Crippen LogP) is 0.539. The first-order chi connectivity index (χ1) is 13.0. The Hall–Kier alpha value is -1.55. The van der Waals surface area contributed by atoms with Crippen molar-refractivity contribution in [1.29, 1.82) is 0 Å². The molecule has 10 heteroatoms. The Bertz CT molecular complexity index is 710. The van der Waals surface area contributed by atoms with E-state index in [-0.39, 0.29) is 12.1 Å². The zero-order chi connectivity index (χ0) is 20.5. The van der Waals surface area contributed by atoms with Crippen LogP contribution in [0.5, 0.6) is 0 Å². The summed E-state index contributed by atoms with van der Waals surface area (Å²) < 4.78 is 30.3. The van der Waals surface area contributed by atoms with Crippen LogP contribution in [0.25, 0.3) is 0 Å². The molecule has 2 saturated heterocycles. The van der Waals surface area contributed by atoms with Crippen LogP contribution in [-0.4, -0.2) is 98.3 Å². The normalized spacial score (nSPS) is 24.7. The average Bonchev–Trinajstić information content (AvgIpc) is 3.00. The molecule has 160 valence electrons. The number of guanidine groups is 1. The molecule has 28 heavy (non-hydrogen) atoms. The van der Waals surface area contributed by atoms with E-state index in [9.17, 15) is 13.2 Å². The number of carbonyl (C=O) groups is 1. The van der Waals surface area contributed by atoms with Gasteiger partial charge in [-0.05, 0) is 39.5 Å². The maximum atomic E-state index is 12.3. The monoisotopic (exact) mass is 415 g/mol. The molecule has 0 spiro atoms. The van der Waals surface area contributed by atoms with E-state index in [0.29, 0.717) is 38.6 Å². The van der Waals surface area contributed by atoms with Crippen LogP contribution in [0.3, 0.4) is 0 Å². The molecule has 1 amide bonds. The highest BCUT2D eigenvalue weighted by Gasteiger charge is 2.36. The van der Waals surface area contributed by atoms with Crippen LogP contribution >= 0.6 is 0 Å². The van der Waals surface area contributed by atoms with Gasteiger partial charge in [0.1, 0.15) is 5.60 Å². The highest BCUT2D eigenvalue weighted by atomic mass is 32.2. The lowest BCUT2D eigenvalue weighted by Gasteiger charge is -2.39. The summed E-state index contributed by atoms with van der Waals surface area (Å²) in [7, 11) is -3.08. The molecule has 3 aliphatic rings. The van der Waals surface area contributed by atoms with E-state index >= 15 is 0 Å². The zero-order valence-corrected chi connectivity index (χ0v) is 18.2. The van der Waals surface area contributed by atoms with Crippen LogP contribution in [0.2, 0.25) is 0 Å². The third-order valence-corrected chi connectivity index (χ3v) is 6.75. The van der Waals surface area contributed by atoms with Crippen molar-refractivity contribution in [3.8, 4) is 0 Å². The number of fused-ring (bicyclic) bond motifs is 1. The minimum Gasteiger partial charge on any atom is -0.444 e. The summed E-state index contributed by atoms with van der Waals surface area (Å²) in [6.45, 7) is 10.3. The third kappa shape index (κ3) is 5.28. The van der Waals surface area contributed by atoms with Crippen molar-refractivity contribution in [3.05, 3.63) is 0 Å². The van der Waals surface area contributed by atoms with Gasteiger partial charge in [0.05, 0.1) is 18.8 Å². The van der Waals surface area contributed by atoms with E-state index in [4.69, 9.17) is 4.74 Å². The van der Waals surface area contributed by atoms with Crippen molar-refractivity contribution in [2.45, 2.75) is 45.3 Å². The average molecular weight is 416 g/mol. The lowest BCUT2D eigenvalue weighted by atomic mass is 9.98. The molecule has 3 aliphatic heterocycles. The van der Waals surface area contributed by atoms with E-state index in [2.05, 4.69) is 15.2 Å². The lowest BCUT2D eigenvalue weighted by molar-refractivity contribution is 0.0137. The summed E-state index contributed by atoms with van der Waals surface area (Å²) in [6.07, 6.45) is 2.74. The molecule has 0 radical (unpaired) electrons. The molecule has 3 heterocycles. The number of sulfonamides is 1. The van der Waals surface area contributed by atoms with Crippen molar-refractivity contribution in [1.82, 2.24) is 19.4 Å². The summed E-state index contributed by atoms with van der Waals surface area (Å²) in [5.74, 6) is 1.35. The summed E-state index contributed by atoms with van der Waals surface area (Å²) in [6, 6.07) is 0.191. The van der Waals surface area contributed by atoms with E-state index in [1.807, 2.05) is 20.8 Å². The second-order valence-electron chi connectivity index (χ2n) is 8.92. The number of nitrogens with one attached hydrogen (secondary N) is 1. The topological polar surface area (TPSA) is 94.5 Å². The molecule has 0 saturated carbocycles. The molecule has 0 aromatic heterocycles. The quantitative estimate of drug-likeness (QED) is 0.723. The number of amides is 1. The summed E-state index contributed by atoms with van der Waals surface area (Å²) in [5, 5.41) is 3.46. The molecule has 0 bridgehead atoms. The van der Waals surface area contributed by atoms with Crippen LogP contribution in [-0.2, 0) is 14.8 Å². The number of nitrogens with zero attached hydrogens (tertiary/aromatic N) is 4. The van der Waals surface area contributed by atoms with Gasteiger partial charge in [-0.25, -0.2) is 17.5 Å². The van der Waals surface area contributed by atoms with Gasteiger partial charge < -0.3 is 19.9 Å². The number of rotatable bonds is 3.